The minimum Gasteiger partial charge on any atom is -0.457 e. The minimum atomic E-state index is -1.92. The second kappa shape index (κ2) is 18.6. The fourth-order valence-corrected chi connectivity index (χ4v) is 10.1. The third-order valence-corrected chi connectivity index (χ3v) is 13.1. The van der Waals surface area contributed by atoms with Gasteiger partial charge in [0.2, 0.25) is 0 Å². The van der Waals surface area contributed by atoms with Crippen LogP contribution in [0.4, 0.5) is 22.7 Å². The maximum absolute atomic E-state index is 9.57. The Bertz CT molecular complexity index is 4160. The molecule has 0 amide bonds. The van der Waals surface area contributed by atoms with Crippen LogP contribution in [-0.4, -0.2) is 16.2 Å². The van der Waals surface area contributed by atoms with Gasteiger partial charge < -0.3 is 19.3 Å². The lowest BCUT2D eigenvalue weighted by molar-refractivity contribution is 0.471. The minimum absolute atomic E-state index is 0.153. The van der Waals surface area contributed by atoms with Crippen LogP contribution in [0.2, 0.25) is 0 Å². The smallest absolute Gasteiger partial charge is 0.137 e. The summed E-state index contributed by atoms with van der Waals surface area (Å²) in [4.78, 5) is 9.40. The highest BCUT2D eigenvalue weighted by atomic mass is 16.5. The topological polar surface area (TPSA) is 42.8 Å². The summed E-state index contributed by atoms with van der Waals surface area (Å²) in [6.45, 7) is 11.3. The molecular formula is C66H60N4O2. The maximum atomic E-state index is 9.57. The lowest BCUT2D eigenvalue weighted by Crippen LogP contribution is -2.25. The van der Waals surface area contributed by atoms with E-state index in [4.69, 9.17) is 17.2 Å². The summed E-state index contributed by atoms with van der Waals surface area (Å²) in [7, 11) is 0. The Hall–Kier alpha value is -8.09. The van der Waals surface area contributed by atoms with Gasteiger partial charge in [-0.25, -0.2) is 4.98 Å². The highest BCUT2D eigenvalue weighted by molar-refractivity contribution is 6.09. The first-order valence-corrected chi connectivity index (χ1v) is 24.7. The predicted octanol–water partition coefficient (Wildman–Crippen LogP) is 17.9. The number of pyridine rings is 1. The van der Waals surface area contributed by atoms with Crippen molar-refractivity contribution in [2.45, 2.75) is 60.7 Å². The second-order valence-electron chi connectivity index (χ2n) is 19.4. The first kappa shape index (κ1) is 35.1. The molecule has 5 aliphatic heterocycles. The Morgan fingerprint density at radius 3 is 1.83 bits per heavy atom. The summed E-state index contributed by atoms with van der Waals surface area (Å²) >= 11 is 0. The Labute approximate surface area is 437 Å². The van der Waals surface area contributed by atoms with Crippen molar-refractivity contribution in [3.63, 3.8) is 0 Å². The highest BCUT2D eigenvalue weighted by Crippen LogP contribution is 2.51. The van der Waals surface area contributed by atoms with Gasteiger partial charge in [0.15, 0.2) is 0 Å². The van der Waals surface area contributed by atoms with Crippen molar-refractivity contribution < 1.29 is 23.2 Å². The molecule has 0 N–H and O–H groups in total. The second-order valence-corrected chi connectivity index (χ2v) is 19.4. The number of benzene rings is 8. The van der Waals surface area contributed by atoms with Gasteiger partial charge in [-0.1, -0.05) is 132 Å². The Balaban J connectivity index is 1.14. The van der Waals surface area contributed by atoms with Gasteiger partial charge in [-0.15, -0.1) is 0 Å². The first-order valence-electron chi connectivity index (χ1n) is 29.7. The van der Waals surface area contributed by atoms with Crippen molar-refractivity contribution in [2.75, 3.05) is 16.5 Å². The molecule has 72 heavy (non-hydrogen) atoms. The van der Waals surface area contributed by atoms with Crippen LogP contribution >= 0.6 is 0 Å². The average Bonchev–Trinajstić information content (AvgIpc) is 4.06. The number of nitrogens with zero attached hydrogens (tertiary/aromatic N) is 4. The van der Waals surface area contributed by atoms with E-state index in [9.17, 15) is 11.0 Å². The standard InChI is InChI=1S/C66H60N4O2/c1-42(2)32-45-35-57(46-14-8-7-9-15-46)66-58(36-45)47-21-26-52(27-22-47)71-53-28-23-48(24-29-53)59-40-67-65(37-50(59)34-44(5)6)70-60-17-11-10-16-55(60)56-31-30-54(39-63(56)70)72-64-38-51(25-20-49(64)33-43(3)4)68-41-69(66)62-19-13-12-18-61(62)68/h7-31,35-40,42-44H,32-34,41H2,1-6H3/i10D,11D,16D,17D,32D2,33D2,34D2. The number of fused-ring (bicyclic) bond motifs is 6. The van der Waals surface area contributed by atoms with Crippen LogP contribution in [0, 0.1) is 17.8 Å². The van der Waals surface area contributed by atoms with Gasteiger partial charge in [0, 0.05) is 59.7 Å². The summed E-state index contributed by atoms with van der Waals surface area (Å²) in [6.07, 6.45) is -3.89. The van der Waals surface area contributed by atoms with Gasteiger partial charge in [0.25, 0.3) is 0 Å². The molecule has 0 radical (unpaired) electrons. The van der Waals surface area contributed by atoms with E-state index in [-0.39, 0.29) is 46.2 Å². The molecule has 7 heterocycles. The van der Waals surface area contributed by atoms with Gasteiger partial charge in [-0.05, 0) is 149 Å². The molecule has 5 aliphatic rings. The van der Waals surface area contributed by atoms with E-state index in [0.29, 0.717) is 62.6 Å². The van der Waals surface area contributed by atoms with E-state index in [1.165, 1.54) is 0 Å². The summed E-state index contributed by atoms with van der Waals surface area (Å²) in [5.74, 6) is 0.530. The third kappa shape index (κ3) is 8.45. The molecule has 6 nitrogen and oxygen atoms in total. The molecule has 0 saturated carbocycles. The van der Waals surface area contributed by atoms with Crippen LogP contribution in [0.3, 0.4) is 0 Å². The Morgan fingerprint density at radius 1 is 0.528 bits per heavy atom. The summed E-state index contributed by atoms with van der Waals surface area (Å²) in [5, 5.41) is 0.735. The van der Waals surface area contributed by atoms with Crippen LogP contribution in [0.5, 0.6) is 23.0 Å². The van der Waals surface area contributed by atoms with E-state index >= 15 is 0 Å². The number of rotatable bonds is 7. The van der Waals surface area contributed by atoms with E-state index in [1.54, 1.807) is 41.1 Å². The predicted molar refractivity (Wildman–Crippen MR) is 299 cm³/mol. The summed E-state index contributed by atoms with van der Waals surface area (Å²) < 4.78 is 109. The average molecular weight is 951 g/mol. The van der Waals surface area contributed by atoms with Crippen LogP contribution < -0.4 is 19.3 Å². The van der Waals surface area contributed by atoms with Crippen LogP contribution in [-0.2, 0) is 19.1 Å². The molecule has 8 aromatic carbocycles. The number of hydrogen-bond acceptors (Lipinski definition) is 5. The molecule has 0 aliphatic carbocycles. The van der Waals surface area contributed by atoms with Gasteiger partial charge in [-0.3, -0.25) is 4.57 Å². The first-order chi connectivity index (χ1) is 39.1. The summed E-state index contributed by atoms with van der Waals surface area (Å²) in [5.41, 5.74) is 9.64. The van der Waals surface area contributed by atoms with Crippen molar-refractivity contribution >= 4 is 44.6 Å². The molecule has 356 valence electrons. The molecule has 0 unspecified atom stereocenters. The number of anilines is 4. The van der Waals surface area contributed by atoms with Crippen molar-refractivity contribution in [3.8, 4) is 62.2 Å². The number of hydrogen-bond donors (Lipinski definition) is 0. The van der Waals surface area contributed by atoms with E-state index in [1.807, 2.05) is 157 Å². The van der Waals surface area contributed by atoms with Crippen molar-refractivity contribution in [2.24, 2.45) is 17.8 Å². The molecule has 0 spiro atoms. The normalized spacial score (nSPS) is 15.6. The Kier molecular flexibility index (Phi) is 9.05. The highest BCUT2D eigenvalue weighted by Gasteiger charge is 2.32. The van der Waals surface area contributed by atoms with Gasteiger partial charge in [-0.2, -0.15) is 0 Å². The zero-order valence-corrected chi connectivity index (χ0v) is 41.1. The molecule has 2 aromatic heterocycles. The number of para-hydroxylation sites is 3. The zero-order valence-electron chi connectivity index (χ0n) is 51.1. The molecule has 0 saturated heterocycles. The molecule has 6 heteroatoms. The summed E-state index contributed by atoms with van der Waals surface area (Å²) in [6, 6.07) is 48.3. The fourth-order valence-electron chi connectivity index (χ4n) is 10.1. The van der Waals surface area contributed by atoms with Crippen molar-refractivity contribution in [1.82, 2.24) is 9.55 Å². The van der Waals surface area contributed by atoms with E-state index in [2.05, 4.69) is 21.9 Å². The lowest BCUT2D eigenvalue weighted by Gasteiger charge is -2.28. The number of ether oxygens (including phenoxy) is 2. The van der Waals surface area contributed by atoms with Crippen molar-refractivity contribution in [1.29, 1.82) is 0 Å². The van der Waals surface area contributed by atoms with Gasteiger partial charge in [0.05, 0.1) is 33.6 Å². The Morgan fingerprint density at radius 2 is 1.14 bits per heavy atom. The van der Waals surface area contributed by atoms with Crippen LogP contribution in [0.15, 0.2) is 188 Å². The van der Waals surface area contributed by atoms with E-state index in [0.717, 1.165) is 39.3 Å². The van der Waals surface area contributed by atoms with Crippen LogP contribution in [0.25, 0.3) is 61.0 Å². The molecule has 12 bridgehead atoms. The molecule has 0 fully saturated rings. The molecule has 15 rings (SSSR count). The fraction of sp³-hybridized carbons (Fsp3) is 0.197. The van der Waals surface area contributed by atoms with Crippen molar-refractivity contribution in [3.05, 3.63) is 205 Å². The largest absolute Gasteiger partial charge is 0.457 e. The monoisotopic (exact) mass is 951 g/mol. The van der Waals surface area contributed by atoms with E-state index < -0.39 is 43.0 Å². The maximum Gasteiger partial charge on any atom is 0.137 e. The van der Waals surface area contributed by atoms with Gasteiger partial charge >= 0.3 is 0 Å². The lowest BCUT2D eigenvalue weighted by atomic mass is 9.90. The zero-order chi connectivity index (χ0) is 57.9. The molecular weight excluding hydrogens is 881 g/mol. The molecule has 10 aromatic rings. The third-order valence-electron chi connectivity index (χ3n) is 13.1. The molecule has 0 atom stereocenters. The number of aromatic nitrogens is 2. The van der Waals surface area contributed by atoms with Gasteiger partial charge in [0.1, 0.15) is 35.5 Å². The van der Waals surface area contributed by atoms with Crippen LogP contribution in [0.1, 0.15) is 71.9 Å². The quantitative estimate of drug-likeness (QED) is 0.159. The SMILES string of the molecule is [2H]c1c([2H])c([2H])c2c(c1[2H])c1ccc3cc1n2-c1cc(C([2H])([2H])C(C)C)c(cn1)-c1ccc(cc1)Oc1ccc(cc1)-c1cc(C([2H])([2H])C(C)C)cc(-c2ccccc2)c1N1CN(c2ccc(C([2H])([2H])C(C)C)c(c2)O3)c2ccccc21.